The predicted octanol–water partition coefficient (Wildman–Crippen LogP) is 4.04. The van der Waals surface area contributed by atoms with E-state index in [9.17, 15) is 9.18 Å². The average Bonchev–Trinajstić information content (AvgIpc) is 3.36. The number of rotatable bonds is 6. The van der Waals surface area contributed by atoms with E-state index >= 15 is 0 Å². The van der Waals surface area contributed by atoms with Crippen LogP contribution < -0.4 is 10.2 Å². The Balaban J connectivity index is 1.50. The number of amides is 1. The summed E-state index contributed by atoms with van der Waals surface area (Å²) in [5, 5.41) is 7.63. The Kier molecular flexibility index (Phi) is 5.49. The SMILES string of the molecule is C[C@H](Nc1nccc(N2C(=O)OCC2[C@@H](C)F)n1)c1nc(-c2ccc(Cl)cc2)no1. The lowest BCUT2D eigenvalue weighted by Gasteiger charge is -2.21. The van der Waals surface area contributed by atoms with Gasteiger partial charge < -0.3 is 14.6 Å². The van der Waals surface area contributed by atoms with Crippen LogP contribution in [0.3, 0.4) is 0 Å². The number of ether oxygens (including phenoxy) is 1. The number of hydrogen-bond acceptors (Lipinski definition) is 8. The Morgan fingerprint density at radius 2 is 2.00 bits per heavy atom. The molecule has 3 atom stereocenters. The zero-order valence-corrected chi connectivity index (χ0v) is 16.9. The molecule has 0 saturated carbocycles. The highest BCUT2D eigenvalue weighted by Gasteiger charge is 2.39. The molecular weight excluding hydrogens is 415 g/mol. The van der Waals surface area contributed by atoms with E-state index in [-0.39, 0.29) is 18.4 Å². The van der Waals surface area contributed by atoms with Crippen molar-refractivity contribution in [3.63, 3.8) is 0 Å². The predicted molar refractivity (Wildman–Crippen MR) is 107 cm³/mol. The maximum absolute atomic E-state index is 13.8. The van der Waals surface area contributed by atoms with E-state index in [0.29, 0.717) is 16.7 Å². The number of aromatic nitrogens is 4. The molecule has 0 aliphatic carbocycles. The first-order valence-corrected chi connectivity index (χ1v) is 9.59. The van der Waals surface area contributed by atoms with Crippen molar-refractivity contribution < 1.29 is 18.4 Å². The van der Waals surface area contributed by atoms with Crippen LogP contribution in [0.5, 0.6) is 0 Å². The third-order valence-electron chi connectivity index (χ3n) is 4.58. The Hall–Kier alpha value is -3.27. The molecule has 1 unspecified atom stereocenters. The van der Waals surface area contributed by atoms with Gasteiger partial charge in [0.05, 0.1) is 0 Å². The summed E-state index contributed by atoms with van der Waals surface area (Å²) in [5.41, 5.74) is 0.763. The van der Waals surface area contributed by atoms with Crippen molar-refractivity contribution in [3.05, 3.63) is 47.4 Å². The normalized spacial score (nSPS) is 18.2. The second-order valence-corrected chi connectivity index (χ2v) is 7.20. The van der Waals surface area contributed by atoms with E-state index < -0.39 is 24.3 Å². The van der Waals surface area contributed by atoms with Crippen molar-refractivity contribution in [2.75, 3.05) is 16.8 Å². The summed E-state index contributed by atoms with van der Waals surface area (Å²) in [6.45, 7) is 3.14. The number of nitrogens with zero attached hydrogens (tertiary/aromatic N) is 5. The maximum atomic E-state index is 13.8. The summed E-state index contributed by atoms with van der Waals surface area (Å²) in [6.07, 6.45) is -0.450. The molecule has 1 saturated heterocycles. The van der Waals surface area contributed by atoms with Gasteiger partial charge in [-0.15, -0.1) is 0 Å². The molecule has 0 bridgehead atoms. The minimum atomic E-state index is -1.27. The first kappa shape index (κ1) is 20.0. The maximum Gasteiger partial charge on any atom is 0.416 e. The van der Waals surface area contributed by atoms with Crippen LogP contribution in [0.4, 0.5) is 21.0 Å². The second kappa shape index (κ2) is 8.23. The number of cyclic esters (lactones) is 1. The van der Waals surface area contributed by atoms with Gasteiger partial charge in [0.1, 0.15) is 30.7 Å². The zero-order chi connectivity index (χ0) is 21.3. The fraction of sp³-hybridized carbons (Fsp3) is 0.316. The fourth-order valence-corrected chi connectivity index (χ4v) is 3.10. The summed E-state index contributed by atoms with van der Waals surface area (Å²) >= 11 is 5.90. The topological polar surface area (TPSA) is 106 Å². The molecular formula is C19H18ClFN6O3. The minimum Gasteiger partial charge on any atom is -0.447 e. The van der Waals surface area contributed by atoms with Crippen molar-refractivity contribution in [2.45, 2.75) is 32.1 Å². The molecule has 3 aromatic rings. The molecule has 1 aromatic carbocycles. The van der Waals surface area contributed by atoms with E-state index in [0.717, 1.165) is 5.56 Å². The van der Waals surface area contributed by atoms with Crippen molar-refractivity contribution in [3.8, 4) is 11.4 Å². The van der Waals surface area contributed by atoms with Crippen LogP contribution in [-0.2, 0) is 4.74 Å². The molecule has 0 radical (unpaired) electrons. The summed E-state index contributed by atoms with van der Waals surface area (Å²) in [5.74, 6) is 1.20. The summed E-state index contributed by atoms with van der Waals surface area (Å²) in [4.78, 5) is 26.0. The van der Waals surface area contributed by atoms with Gasteiger partial charge in [-0.3, -0.25) is 4.90 Å². The molecule has 4 rings (SSSR count). The van der Waals surface area contributed by atoms with Crippen LogP contribution >= 0.6 is 11.6 Å². The molecule has 1 amide bonds. The Morgan fingerprint density at radius 1 is 1.23 bits per heavy atom. The molecule has 1 aliphatic rings. The van der Waals surface area contributed by atoms with E-state index in [1.54, 1.807) is 31.2 Å². The van der Waals surface area contributed by atoms with Gasteiger partial charge in [-0.25, -0.2) is 14.2 Å². The van der Waals surface area contributed by atoms with Crippen LogP contribution in [0, 0.1) is 0 Å². The molecule has 30 heavy (non-hydrogen) atoms. The molecule has 11 heteroatoms. The highest BCUT2D eigenvalue weighted by Crippen LogP contribution is 2.26. The number of hydrogen-bond donors (Lipinski definition) is 1. The second-order valence-electron chi connectivity index (χ2n) is 6.76. The van der Waals surface area contributed by atoms with Gasteiger partial charge in [-0.05, 0) is 44.2 Å². The largest absolute Gasteiger partial charge is 0.447 e. The van der Waals surface area contributed by atoms with Gasteiger partial charge in [-0.1, -0.05) is 16.8 Å². The van der Waals surface area contributed by atoms with Gasteiger partial charge in [0.25, 0.3) is 0 Å². The van der Waals surface area contributed by atoms with Gasteiger partial charge in [0.2, 0.25) is 17.7 Å². The van der Waals surface area contributed by atoms with Crippen LogP contribution in [0.2, 0.25) is 5.02 Å². The number of nitrogens with one attached hydrogen (secondary N) is 1. The third kappa shape index (κ3) is 4.04. The van der Waals surface area contributed by atoms with E-state index in [4.69, 9.17) is 20.9 Å². The molecule has 3 heterocycles. The Morgan fingerprint density at radius 3 is 2.73 bits per heavy atom. The molecule has 1 aliphatic heterocycles. The highest BCUT2D eigenvalue weighted by atomic mass is 35.5. The van der Waals surface area contributed by atoms with Gasteiger partial charge in [-0.2, -0.15) is 9.97 Å². The number of carbonyl (C=O) groups is 1. The molecule has 0 spiro atoms. The number of carbonyl (C=O) groups excluding carboxylic acids is 1. The number of benzene rings is 1. The molecule has 9 nitrogen and oxygen atoms in total. The van der Waals surface area contributed by atoms with Gasteiger partial charge in [0, 0.05) is 16.8 Å². The lowest BCUT2D eigenvalue weighted by Crippen LogP contribution is -2.39. The molecule has 1 fully saturated rings. The Bertz CT molecular complexity index is 1040. The lowest BCUT2D eigenvalue weighted by atomic mass is 10.2. The monoisotopic (exact) mass is 432 g/mol. The van der Waals surface area contributed by atoms with Crippen LogP contribution in [0.15, 0.2) is 41.1 Å². The zero-order valence-electron chi connectivity index (χ0n) is 16.1. The van der Waals surface area contributed by atoms with Crippen molar-refractivity contribution in [2.24, 2.45) is 0 Å². The van der Waals surface area contributed by atoms with Crippen LogP contribution in [-0.4, -0.2) is 45.0 Å². The molecule has 1 N–H and O–H groups in total. The number of halogens is 2. The first-order chi connectivity index (χ1) is 14.4. The average molecular weight is 433 g/mol. The number of anilines is 2. The highest BCUT2D eigenvalue weighted by molar-refractivity contribution is 6.30. The lowest BCUT2D eigenvalue weighted by molar-refractivity contribution is 0.174. The summed E-state index contributed by atoms with van der Waals surface area (Å²) in [6, 6.07) is 7.42. The molecule has 2 aromatic heterocycles. The minimum absolute atomic E-state index is 0.0326. The van der Waals surface area contributed by atoms with Crippen molar-refractivity contribution in [1.29, 1.82) is 0 Å². The van der Waals surface area contributed by atoms with Crippen LogP contribution in [0.25, 0.3) is 11.4 Å². The van der Waals surface area contributed by atoms with Crippen molar-refractivity contribution in [1.82, 2.24) is 20.1 Å². The van der Waals surface area contributed by atoms with E-state index in [1.165, 1.54) is 24.1 Å². The van der Waals surface area contributed by atoms with Gasteiger partial charge >= 0.3 is 6.09 Å². The fourth-order valence-electron chi connectivity index (χ4n) is 2.97. The van der Waals surface area contributed by atoms with Gasteiger partial charge in [0.15, 0.2) is 0 Å². The van der Waals surface area contributed by atoms with Crippen LogP contribution in [0.1, 0.15) is 25.8 Å². The molecule has 156 valence electrons. The number of alkyl halides is 1. The summed E-state index contributed by atoms with van der Waals surface area (Å²) in [7, 11) is 0. The van der Waals surface area contributed by atoms with Crippen molar-refractivity contribution >= 4 is 29.5 Å². The third-order valence-corrected chi connectivity index (χ3v) is 4.84. The quantitative estimate of drug-likeness (QED) is 0.622. The smallest absolute Gasteiger partial charge is 0.416 e. The summed E-state index contributed by atoms with van der Waals surface area (Å²) < 4.78 is 24.1. The van der Waals surface area contributed by atoms with E-state index in [1.807, 2.05) is 0 Å². The Labute approximate surface area is 176 Å². The first-order valence-electron chi connectivity index (χ1n) is 9.21. The van der Waals surface area contributed by atoms with E-state index in [2.05, 4.69) is 25.4 Å². The standard InChI is InChI=1S/C19H18ClFN6O3/c1-10(21)14-9-29-19(28)27(14)15-7-8-22-18(24-15)23-11(2)17-25-16(26-30-17)12-3-5-13(20)6-4-12/h3-8,10-11,14H,9H2,1-2H3,(H,22,23,24)/t10-,11+,14?/m1/s1.